The van der Waals surface area contributed by atoms with Crippen molar-refractivity contribution in [1.82, 2.24) is 20.4 Å². The van der Waals surface area contributed by atoms with Crippen LogP contribution < -0.4 is 10.6 Å². The molecule has 15 heteroatoms. The predicted octanol–water partition coefficient (Wildman–Crippen LogP) is 2.42. The molecule has 2 fully saturated rings. The number of nitrogens with one attached hydrogen (secondary N) is 2. The molecule has 1 aromatic rings. The highest BCUT2D eigenvalue weighted by molar-refractivity contribution is 6.01. The summed E-state index contributed by atoms with van der Waals surface area (Å²) < 4.78 is 71.1. The van der Waals surface area contributed by atoms with E-state index in [1.165, 1.54) is 38.1 Å². The fraction of sp³-hybridized carbons (Fsp3) is 0.607. The van der Waals surface area contributed by atoms with E-state index in [0.29, 0.717) is 31.9 Å². The van der Waals surface area contributed by atoms with Crippen LogP contribution in [0, 0.1) is 11.8 Å². The lowest BCUT2D eigenvalue weighted by Gasteiger charge is -2.43. The van der Waals surface area contributed by atoms with Gasteiger partial charge >= 0.3 is 12.1 Å². The lowest BCUT2D eigenvalue weighted by molar-refractivity contribution is -0.270. The van der Waals surface area contributed by atoms with Crippen LogP contribution in [0.1, 0.15) is 54.8 Å². The van der Waals surface area contributed by atoms with E-state index in [0.717, 1.165) is 4.90 Å². The lowest BCUT2D eigenvalue weighted by Crippen LogP contribution is -2.65. The highest BCUT2D eigenvalue weighted by Crippen LogP contribution is 2.37. The molecule has 2 N–H and O–H groups in total. The number of benzene rings is 1. The van der Waals surface area contributed by atoms with E-state index in [9.17, 15) is 45.9 Å². The van der Waals surface area contributed by atoms with Gasteiger partial charge in [0.2, 0.25) is 17.6 Å². The average molecular weight is 619 g/mol. The van der Waals surface area contributed by atoms with E-state index in [4.69, 9.17) is 4.74 Å². The first kappa shape index (κ1) is 33.9. The Morgan fingerprint density at radius 2 is 1.35 bits per heavy atom. The van der Waals surface area contributed by atoms with Gasteiger partial charge < -0.3 is 25.2 Å². The maximum absolute atomic E-state index is 13.7. The zero-order chi connectivity index (χ0) is 32.3. The summed E-state index contributed by atoms with van der Waals surface area (Å²) in [7, 11) is 0. The second-order valence-corrected chi connectivity index (χ2v) is 11.2. The molecule has 3 rings (SSSR count). The third-order valence-electron chi connectivity index (χ3n) is 7.43. The SMILES string of the molecule is CC(C)C(NC(=O)[C@@H]1CCN1C(=O)[C@@H](NC(=O)c1ccc(C(=O)N2CCOCC2)cc1)C(C)C)C(=O)C(F)(F)C(F)(F)F. The van der Waals surface area contributed by atoms with Crippen molar-refractivity contribution in [3.8, 4) is 0 Å². The summed E-state index contributed by atoms with van der Waals surface area (Å²) in [5, 5.41) is 4.58. The molecule has 2 saturated heterocycles. The number of nitrogens with zero attached hydrogens (tertiary/aromatic N) is 2. The number of ether oxygens (including phenoxy) is 1. The summed E-state index contributed by atoms with van der Waals surface area (Å²) in [5.41, 5.74) is 0.536. The monoisotopic (exact) mass is 618 g/mol. The number of likely N-dealkylation sites (tertiary alicyclic amines) is 1. The van der Waals surface area contributed by atoms with Gasteiger partial charge in [-0.2, -0.15) is 22.0 Å². The van der Waals surface area contributed by atoms with E-state index in [2.05, 4.69) is 5.32 Å². The molecular weight excluding hydrogens is 583 g/mol. The smallest absolute Gasteiger partial charge is 0.378 e. The first-order valence-corrected chi connectivity index (χ1v) is 13.8. The maximum atomic E-state index is 13.7. The number of amides is 4. The highest BCUT2D eigenvalue weighted by atomic mass is 19.4. The molecule has 10 nitrogen and oxygen atoms in total. The fourth-order valence-corrected chi connectivity index (χ4v) is 4.67. The molecule has 4 amide bonds. The first-order chi connectivity index (χ1) is 20.0. The Kier molecular flexibility index (Phi) is 10.5. The predicted molar refractivity (Wildman–Crippen MR) is 142 cm³/mol. The Morgan fingerprint density at radius 1 is 0.814 bits per heavy atom. The van der Waals surface area contributed by atoms with Gasteiger partial charge in [-0.25, -0.2) is 0 Å². The molecule has 0 aromatic heterocycles. The van der Waals surface area contributed by atoms with Crippen molar-refractivity contribution < 1.29 is 50.7 Å². The molecule has 0 spiro atoms. The van der Waals surface area contributed by atoms with Crippen LogP contribution in [0.3, 0.4) is 0 Å². The van der Waals surface area contributed by atoms with Gasteiger partial charge in [-0.3, -0.25) is 24.0 Å². The summed E-state index contributed by atoms with van der Waals surface area (Å²) in [6, 6.07) is 1.35. The third-order valence-corrected chi connectivity index (χ3v) is 7.43. The summed E-state index contributed by atoms with van der Waals surface area (Å²) in [6.07, 6.45) is -6.06. The van der Waals surface area contributed by atoms with Crippen LogP contribution in [0.25, 0.3) is 0 Å². The van der Waals surface area contributed by atoms with Crippen LogP contribution in [0.2, 0.25) is 0 Å². The minimum atomic E-state index is -6.14. The molecule has 2 aliphatic rings. The second-order valence-electron chi connectivity index (χ2n) is 11.2. The standard InChI is InChI=1S/C28H35F5N4O6/c1-15(2)20(22(38)27(29,30)28(31,32)33)34-24(40)19-9-10-37(19)26(42)21(16(3)4)35-23(39)17-5-7-18(8-6-17)25(41)36-11-13-43-14-12-36/h5-8,15-16,19-21H,9-14H2,1-4H3,(H,34,40)(H,35,39)/t19-,20?,21-/m0/s1. The maximum Gasteiger partial charge on any atom is 0.461 e. The minimum Gasteiger partial charge on any atom is -0.378 e. The van der Waals surface area contributed by atoms with Crippen LogP contribution in [-0.2, 0) is 19.1 Å². The largest absolute Gasteiger partial charge is 0.461 e. The summed E-state index contributed by atoms with van der Waals surface area (Å²) in [5.74, 6) is -12.3. The molecule has 0 saturated carbocycles. The van der Waals surface area contributed by atoms with Crippen molar-refractivity contribution in [3.63, 3.8) is 0 Å². The molecular formula is C28H35F5N4O6. The van der Waals surface area contributed by atoms with Crippen molar-refractivity contribution in [1.29, 1.82) is 0 Å². The van der Waals surface area contributed by atoms with E-state index in [1.807, 2.05) is 5.32 Å². The first-order valence-electron chi connectivity index (χ1n) is 13.8. The summed E-state index contributed by atoms with van der Waals surface area (Å²) in [4.78, 5) is 66.6. The van der Waals surface area contributed by atoms with Gasteiger partial charge in [-0.05, 0) is 42.5 Å². The third kappa shape index (κ3) is 7.48. The molecule has 43 heavy (non-hydrogen) atoms. The Morgan fingerprint density at radius 3 is 1.81 bits per heavy atom. The lowest BCUT2D eigenvalue weighted by atomic mass is 9.93. The van der Waals surface area contributed by atoms with E-state index in [-0.39, 0.29) is 24.4 Å². The number of alkyl halides is 5. The zero-order valence-corrected chi connectivity index (χ0v) is 24.2. The number of hydrogen-bond acceptors (Lipinski definition) is 6. The topological polar surface area (TPSA) is 125 Å². The number of carbonyl (C=O) groups excluding carboxylic acids is 5. The quantitative estimate of drug-likeness (QED) is 0.389. The Balaban J connectivity index is 1.67. The van der Waals surface area contributed by atoms with Crippen molar-refractivity contribution in [2.75, 3.05) is 32.8 Å². The molecule has 238 valence electrons. The van der Waals surface area contributed by atoms with E-state index >= 15 is 0 Å². The van der Waals surface area contributed by atoms with Crippen molar-refractivity contribution in [2.24, 2.45) is 11.8 Å². The van der Waals surface area contributed by atoms with Crippen LogP contribution in [0.5, 0.6) is 0 Å². The van der Waals surface area contributed by atoms with Gasteiger partial charge in [0.1, 0.15) is 12.1 Å². The zero-order valence-electron chi connectivity index (χ0n) is 24.2. The molecule has 2 heterocycles. The number of halogens is 5. The number of Topliss-reactive ketones (excluding diaryl/α,β-unsaturated/α-hetero) is 1. The van der Waals surface area contributed by atoms with Gasteiger partial charge in [0, 0.05) is 30.8 Å². The Hall–Kier alpha value is -3.62. The van der Waals surface area contributed by atoms with Gasteiger partial charge in [0.15, 0.2) is 0 Å². The van der Waals surface area contributed by atoms with Crippen LogP contribution in [-0.4, -0.2) is 102 Å². The normalized spacial score (nSPS) is 19.0. The van der Waals surface area contributed by atoms with Gasteiger partial charge in [-0.15, -0.1) is 0 Å². The molecule has 1 unspecified atom stereocenters. The van der Waals surface area contributed by atoms with Crippen molar-refractivity contribution >= 4 is 29.4 Å². The minimum absolute atomic E-state index is 0.0629. The molecule has 1 aromatic carbocycles. The van der Waals surface area contributed by atoms with Crippen LogP contribution in [0.15, 0.2) is 24.3 Å². The highest BCUT2D eigenvalue weighted by Gasteiger charge is 2.65. The van der Waals surface area contributed by atoms with Crippen molar-refractivity contribution in [3.05, 3.63) is 35.4 Å². The second kappa shape index (κ2) is 13.3. The summed E-state index contributed by atoms with van der Waals surface area (Å²) in [6.45, 7) is 7.52. The van der Waals surface area contributed by atoms with Crippen molar-refractivity contribution in [2.45, 2.75) is 64.3 Å². The van der Waals surface area contributed by atoms with Gasteiger partial charge in [0.05, 0.1) is 19.3 Å². The fourth-order valence-electron chi connectivity index (χ4n) is 4.67. The average Bonchev–Trinajstić information content (AvgIpc) is 2.92. The van der Waals surface area contributed by atoms with E-state index in [1.54, 1.807) is 18.7 Å². The van der Waals surface area contributed by atoms with E-state index < -0.39 is 65.6 Å². The van der Waals surface area contributed by atoms with Crippen LogP contribution >= 0.6 is 0 Å². The van der Waals surface area contributed by atoms with Crippen LogP contribution in [0.4, 0.5) is 22.0 Å². The molecule has 0 bridgehead atoms. The Labute approximate surface area is 245 Å². The molecule has 0 aliphatic carbocycles. The molecule has 2 aliphatic heterocycles. The number of carbonyl (C=O) groups is 5. The summed E-state index contributed by atoms with van der Waals surface area (Å²) >= 11 is 0. The van der Waals surface area contributed by atoms with Gasteiger partial charge in [0.25, 0.3) is 11.8 Å². The molecule has 3 atom stereocenters. The van der Waals surface area contributed by atoms with Gasteiger partial charge in [-0.1, -0.05) is 27.7 Å². The number of ketones is 1. The number of rotatable bonds is 10. The number of morpholine rings is 1. The Bertz CT molecular complexity index is 1210. The molecule has 0 radical (unpaired) electrons. The number of hydrogen-bond donors (Lipinski definition) is 2.